The first-order valence-electron chi connectivity index (χ1n) is 8.36. The summed E-state index contributed by atoms with van der Waals surface area (Å²) in [6, 6.07) is 10.1. The molecule has 0 aliphatic carbocycles. The monoisotopic (exact) mass is 435 g/mol. The summed E-state index contributed by atoms with van der Waals surface area (Å²) in [5.41, 5.74) is 7.50. The number of alkyl halides is 3. The lowest BCUT2D eigenvalue weighted by molar-refractivity contribution is -0.137. The molecule has 0 atom stereocenters. The van der Waals surface area contributed by atoms with Crippen LogP contribution in [0.2, 0.25) is 5.02 Å². The molecule has 3 N–H and O–H groups in total. The van der Waals surface area contributed by atoms with Crippen LogP contribution in [0.25, 0.3) is 21.7 Å². The molecule has 4 rings (SSSR count). The normalized spacial score (nSPS) is 11.8. The van der Waals surface area contributed by atoms with Crippen molar-refractivity contribution in [2.45, 2.75) is 13.1 Å². The first kappa shape index (κ1) is 19.4. The van der Waals surface area contributed by atoms with Crippen LogP contribution in [0.1, 0.15) is 11.1 Å². The number of aryl methyl sites for hydroxylation is 1. The number of halogens is 4. The molecule has 10 heteroatoms. The molecule has 148 valence electrons. The van der Waals surface area contributed by atoms with Crippen LogP contribution in [0, 0.1) is 6.92 Å². The summed E-state index contributed by atoms with van der Waals surface area (Å²) >= 11 is 7.54. The van der Waals surface area contributed by atoms with Gasteiger partial charge in [0.1, 0.15) is 5.52 Å². The van der Waals surface area contributed by atoms with Gasteiger partial charge in [-0.2, -0.15) is 13.2 Å². The quantitative estimate of drug-likeness (QED) is 0.409. The number of thiazole rings is 1. The number of nitrogens with zero attached hydrogens (tertiary/aromatic N) is 3. The number of anilines is 3. The molecule has 2 heterocycles. The van der Waals surface area contributed by atoms with Crippen molar-refractivity contribution in [1.82, 2.24) is 15.0 Å². The van der Waals surface area contributed by atoms with Crippen molar-refractivity contribution in [3.05, 3.63) is 58.6 Å². The van der Waals surface area contributed by atoms with Gasteiger partial charge in [0.05, 0.1) is 10.6 Å². The highest BCUT2D eigenvalue weighted by molar-refractivity contribution is 7.21. The molecule has 0 unspecified atom stereocenters. The predicted octanol–water partition coefficient (Wildman–Crippen LogP) is 6.06. The number of fused-ring (bicyclic) bond motifs is 1. The fourth-order valence-electron chi connectivity index (χ4n) is 2.83. The summed E-state index contributed by atoms with van der Waals surface area (Å²) in [7, 11) is 0. The number of nitrogens with one attached hydrogen (secondary N) is 1. The molecule has 0 fully saturated rings. The molecule has 0 aliphatic rings. The number of rotatable bonds is 3. The van der Waals surface area contributed by atoms with Gasteiger partial charge >= 0.3 is 6.18 Å². The number of nitrogens with two attached hydrogens (primary N) is 1. The van der Waals surface area contributed by atoms with E-state index in [9.17, 15) is 13.2 Å². The molecule has 0 saturated heterocycles. The average Bonchev–Trinajstić information content (AvgIpc) is 3.02. The van der Waals surface area contributed by atoms with Gasteiger partial charge in [0.2, 0.25) is 0 Å². The Hall–Kier alpha value is -2.91. The second-order valence-corrected chi connectivity index (χ2v) is 7.65. The van der Waals surface area contributed by atoms with Crippen LogP contribution in [0.15, 0.2) is 42.5 Å². The smallest absolute Gasteiger partial charge is 0.375 e. The molecule has 0 saturated carbocycles. The van der Waals surface area contributed by atoms with Gasteiger partial charge in [-0.1, -0.05) is 35.1 Å². The Bertz CT molecular complexity index is 1180. The lowest BCUT2D eigenvalue weighted by atomic mass is 10.1. The predicted molar refractivity (Wildman–Crippen MR) is 110 cm³/mol. The van der Waals surface area contributed by atoms with Gasteiger partial charge in [0, 0.05) is 11.3 Å². The second-order valence-electron chi connectivity index (χ2n) is 6.23. The van der Waals surface area contributed by atoms with Crippen molar-refractivity contribution in [1.29, 1.82) is 0 Å². The van der Waals surface area contributed by atoms with Crippen LogP contribution >= 0.6 is 22.9 Å². The van der Waals surface area contributed by atoms with Crippen LogP contribution in [-0.4, -0.2) is 15.0 Å². The average molecular weight is 436 g/mol. The molecular weight excluding hydrogens is 423 g/mol. The molecule has 2 aromatic heterocycles. The zero-order valence-electron chi connectivity index (χ0n) is 14.9. The molecule has 0 spiro atoms. The van der Waals surface area contributed by atoms with Gasteiger partial charge in [0.25, 0.3) is 0 Å². The minimum atomic E-state index is -4.40. The number of benzene rings is 2. The summed E-state index contributed by atoms with van der Waals surface area (Å²) in [4.78, 5) is 13.8. The highest BCUT2D eigenvalue weighted by atomic mass is 35.5. The minimum Gasteiger partial charge on any atom is -0.375 e. The van der Waals surface area contributed by atoms with Gasteiger partial charge in [-0.25, -0.2) is 15.0 Å². The Labute approximate surface area is 172 Å². The van der Waals surface area contributed by atoms with Crippen LogP contribution in [0.5, 0.6) is 0 Å². The van der Waals surface area contributed by atoms with Gasteiger partial charge in [0.15, 0.2) is 21.6 Å². The molecule has 2 aromatic carbocycles. The first-order valence-corrected chi connectivity index (χ1v) is 9.55. The zero-order valence-corrected chi connectivity index (χ0v) is 16.5. The SMILES string of the molecule is Cc1cccc(Cl)c1-c1nc(Nc2ccc(C(F)(F)F)cc2)c2nc(N)sc2n1. The standard InChI is InChI=1S/C19H13ClF3N5S/c1-9-3-2-4-12(20)13(9)15-27-16(14-17(28-15)29-18(24)26-14)25-11-7-5-10(6-8-11)19(21,22)23/h2-8H,1H3,(H2,24,26)(H,25,27,28). The van der Waals surface area contributed by atoms with E-state index in [2.05, 4.69) is 20.3 Å². The minimum absolute atomic E-state index is 0.304. The van der Waals surface area contributed by atoms with E-state index in [1.807, 2.05) is 19.1 Å². The highest BCUT2D eigenvalue weighted by Crippen LogP contribution is 2.35. The number of hydrogen-bond acceptors (Lipinski definition) is 6. The van der Waals surface area contributed by atoms with Crippen molar-refractivity contribution in [2.75, 3.05) is 11.1 Å². The van der Waals surface area contributed by atoms with E-state index in [1.165, 1.54) is 23.5 Å². The fourth-order valence-corrected chi connectivity index (χ4v) is 3.84. The molecule has 5 nitrogen and oxygen atoms in total. The Balaban J connectivity index is 1.81. The Morgan fingerprint density at radius 2 is 1.76 bits per heavy atom. The van der Waals surface area contributed by atoms with Gasteiger partial charge < -0.3 is 11.1 Å². The largest absolute Gasteiger partial charge is 0.416 e. The summed E-state index contributed by atoms with van der Waals surface area (Å²) in [6.07, 6.45) is -4.40. The van der Waals surface area contributed by atoms with Crippen LogP contribution in [-0.2, 0) is 6.18 Å². The fraction of sp³-hybridized carbons (Fsp3) is 0.105. The third-order valence-corrected chi connectivity index (χ3v) is 5.29. The van der Waals surface area contributed by atoms with E-state index in [4.69, 9.17) is 17.3 Å². The third kappa shape index (κ3) is 3.83. The molecule has 29 heavy (non-hydrogen) atoms. The van der Waals surface area contributed by atoms with E-state index in [0.717, 1.165) is 17.7 Å². The third-order valence-electron chi connectivity index (χ3n) is 4.20. The molecule has 0 radical (unpaired) electrons. The number of aromatic nitrogens is 3. The van der Waals surface area contributed by atoms with Crippen molar-refractivity contribution >= 4 is 49.9 Å². The van der Waals surface area contributed by atoms with E-state index in [1.54, 1.807) is 6.07 Å². The van der Waals surface area contributed by atoms with E-state index < -0.39 is 11.7 Å². The second kappa shape index (κ2) is 7.16. The topological polar surface area (TPSA) is 76.7 Å². The first-order chi connectivity index (χ1) is 13.7. The van der Waals surface area contributed by atoms with Gasteiger partial charge in [-0.15, -0.1) is 0 Å². The summed E-state index contributed by atoms with van der Waals surface area (Å²) < 4.78 is 38.4. The van der Waals surface area contributed by atoms with Crippen LogP contribution in [0.4, 0.5) is 29.8 Å². The van der Waals surface area contributed by atoms with Gasteiger partial charge in [-0.3, -0.25) is 0 Å². The summed E-state index contributed by atoms with van der Waals surface area (Å²) in [5, 5.41) is 3.81. The van der Waals surface area contributed by atoms with Crippen LogP contribution < -0.4 is 11.1 Å². The maximum absolute atomic E-state index is 12.8. The molecule has 0 amide bonds. The molecule has 0 bridgehead atoms. The lowest BCUT2D eigenvalue weighted by Crippen LogP contribution is -2.05. The Morgan fingerprint density at radius 3 is 2.41 bits per heavy atom. The van der Waals surface area contributed by atoms with Crippen molar-refractivity contribution < 1.29 is 13.2 Å². The van der Waals surface area contributed by atoms with Crippen LogP contribution in [0.3, 0.4) is 0 Å². The lowest BCUT2D eigenvalue weighted by Gasteiger charge is -2.12. The van der Waals surface area contributed by atoms with E-state index >= 15 is 0 Å². The maximum atomic E-state index is 12.8. The summed E-state index contributed by atoms with van der Waals surface area (Å²) in [5.74, 6) is 0.704. The summed E-state index contributed by atoms with van der Waals surface area (Å²) in [6.45, 7) is 1.89. The Kier molecular flexibility index (Phi) is 4.79. The molecular formula is C19H13ClF3N5S. The van der Waals surface area contributed by atoms with Crippen molar-refractivity contribution in [3.63, 3.8) is 0 Å². The van der Waals surface area contributed by atoms with Crippen molar-refractivity contribution in [2.24, 2.45) is 0 Å². The number of hydrogen-bond donors (Lipinski definition) is 2. The Morgan fingerprint density at radius 1 is 1.03 bits per heavy atom. The molecule has 0 aliphatic heterocycles. The van der Waals surface area contributed by atoms with E-state index in [0.29, 0.717) is 43.4 Å². The van der Waals surface area contributed by atoms with Crippen molar-refractivity contribution in [3.8, 4) is 11.4 Å². The molecule has 4 aromatic rings. The highest BCUT2D eigenvalue weighted by Gasteiger charge is 2.30. The number of nitrogen functional groups attached to an aromatic ring is 1. The zero-order chi connectivity index (χ0) is 20.8. The van der Waals surface area contributed by atoms with E-state index in [-0.39, 0.29) is 0 Å². The van der Waals surface area contributed by atoms with Gasteiger partial charge in [-0.05, 0) is 42.8 Å². The maximum Gasteiger partial charge on any atom is 0.416 e.